The van der Waals surface area contributed by atoms with E-state index in [1.807, 2.05) is 0 Å². The van der Waals surface area contributed by atoms with Crippen molar-refractivity contribution in [3.05, 3.63) is 29.8 Å². The van der Waals surface area contributed by atoms with Crippen molar-refractivity contribution in [3.8, 4) is 5.75 Å². The fourth-order valence-electron chi connectivity index (χ4n) is 1.73. The Labute approximate surface area is 107 Å². The maximum atomic E-state index is 12.1. The lowest BCUT2D eigenvalue weighted by atomic mass is 9.92. The van der Waals surface area contributed by atoms with Gasteiger partial charge < -0.3 is 15.4 Å². The van der Waals surface area contributed by atoms with E-state index in [0.29, 0.717) is 5.56 Å². The number of carbonyl (C=O) groups is 1. The molecule has 1 aromatic rings. The molecule has 0 spiro atoms. The fraction of sp³-hybridized carbons (Fsp3) is 0.273. The lowest BCUT2D eigenvalue weighted by Gasteiger charge is -2.22. The SMILES string of the molecule is CC1(c2cccc(OC(F)F)c2)NC(=S)NC1=O. The van der Waals surface area contributed by atoms with Crippen LogP contribution in [0.4, 0.5) is 8.78 Å². The van der Waals surface area contributed by atoms with Crippen molar-refractivity contribution < 1.29 is 18.3 Å². The van der Waals surface area contributed by atoms with Gasteiger partial charge in [-0.15, -0.1) is 0 Å². The van der Waals surface area contributed by atoms with E-state index in [-0.39, 0.29) is 16.8 Å². The molecule has 0 aliphatic carbocycles. The second-order valence-electron chi connectivity index (χ2n) is 3.94. The van der Waals surface area contributed by atoms with Crippen LogP contribution < -0.4 is 15.4 Å². The van der Waals surface area contributed by atoms with Crippen LogP contribution in [0.25, 0.3) is 0 Å². The molecule has 2 N–H and O–H groups in total. The molecule has 1 aliphatic heterocycles. The Balaban J connectivity index is 2.33. The first-order valence-electron chi connectivity index (χ1n) is 5.11. The third-order valence-electron chi connectivity index (χ3n) is 2.68. The van der Waals surface area contributed by atoms with Crippen LogP contribution in [0.2, 0.25) is 0 Å². The lowest BCUT2D eigenvalue weighted by molar-refractivity contribution is -0.123. The molecule has 1 heterocycles. The molecule has 4 nitrogen and oxygen atoms in total. The molecule has 1 amide bonds. The molecule has 1 aliphatic rings. The van der Waals surface area contributed by atoms with Crippen LogP contribution in [-0.2, 0) is 10.3 Å². The average molecular weight is 272 g/mol. The molecule has 96 valence electrons. The first-order valence-corrected chi connectivity index (χ1v) is 5.51. The summed E-state index contributed by atoms with van der Waals surface area (Å²) in [4.78, 5) is 11.8. The number of hydrogen-bond donors (Lipinski definition) is 2. The summed E-state index contributed by atoms with van der Waals surface area (Å²) in [5.41, 5.74) is -0.573. The number of amides is 1. The molecule has 0 aromatic heterocycles. The van der Waals surface area contributed by atoms with E-state index >= 15 is 0 Å². The van der Waals surface area contributed by atoms with Gasteiger partial charge in [-0.25, -0.2) is 0 Å². The Hall–Kier alpha value is -1.76. The Morgan fingerprint density at radius 3 is 2.72 bits per heavy atom. The van der Waals surface area contributed by atoms with E-state index < -0.39 is 12.2 Å². The highest BCUT2D eigenvalue weighted by molar-refractivity contribution is 7.80. The molecule has 0 saturated carbocycles. The molecular weight excluding hydrogens is 262 g/mol. The zero-order chi connectivity index (χ0) is 13.3. The molecule has 0 radical (unpaired) electrons. The Kier molecular flexibility index (Phi) is 3.16. The quantitative estimate of drug-likeness (QED) is 0.819. The summed E-state index contributed by atoms with van der Waals surface area (Å²) >= 11 is 4.85. The fourth-order valence-corrected chi connectivity index (χ4v) is 2.03. The first-order chi connectivity index (χ1) is 8.41. The second kappa shape index (κ2) is 4.49. The molecule has 1 atom stereocenters. The van der Waals surface area contributed by atoms with Crippen LogP contribution in [0.15, 0.2) is 24.3 Å². The smallest absolute Gasteiger partial charge is 0.387 e. The number of hydrogen-bond acceptors (Lipinski definition) is 3. The molecule has 0 bridgehead atoms. The van der Waals surface area contributed by atoms with Crippen LogP contribution in [0.5, 0.6) is 5.75 Å². The Bertz CT molecular complexity index is 510. The molecule has 1 fully saturated rings. The number of alkyl halides is 2. The van der Waals surface area contributed by atoms with E-state index in [1.165, 1.54) is 18.2 Å². The number of benzene rings is 1. The highest BCUT2D eigenvalue weighted by Crippen LogP contribution is 2.27. The van der Waals surface area contributed by atoms with Gasteiger partial charge in [0.15, 0.2) is 5.11 Å². The van der Waals surface area contributed by atoms with Gasteiger partial charge in [-0.05, 0) is 36.8 Å². The summed E-state index contributed by atoms with van der Waals surface area (Å²) in [5.74, 6) is -0.335. The standard InChI is InChI=1S/C11H10F2N2O2S/c1-11(8(16)14-10(18)15-11)6-3-2-4-7(5-6)17-9(12)13/h2-5,9H,1H3,(H2,14,15,16,18). The number of ether oxygens (including phenoxy) is 1. The van der Waals surface area contributed by atoms with Crippen molar-refractivity contribution in [3.63, 3.8) is 0 Å². The van der Waals surface area contributed by atoms with Crippen molar-refractivity contribution in [2.45, 2.75) is 19.1 Å². The van der Waals surface area contributed by atoms with E-state index in [1.54, 1.807) is 13.0 Å². The number of nitrogens with one attached hydrogen (secondary N) is 2. The third kappa shape index (κ3) is 2.26. The number of carbonyl (C=O) groups excluding carboxylic acids is 1. The summed E-state index contributed by atoms with van der Waals surface area (Å²) in [6.07, 6.45) is 0. The predicted molar refractivity (Wildman–Crippen MR) is 64.3 cm³/mol. The molecule has 2 rings (SSSR count). The van der Waals surface area contributed by atoms with E-state index in [4.69, 9.17) is 12.2 Å². The summed E-state index contributed by atoms with van der Waals surface area (Å²) in [6.45, 7) is -1.29. The van der Waals surface area contributed by atoms with E-state index in [2.05, 4.69) is 15.4 Å². The average Bonchev–Trinajstić information content (AvgIpc) is 2.53. The van der Waals surface area contributed by atoms with Gasteiger partial charge in [-0.1, -0.05) is 12.1 Å². The number of halogens is 2. The van der Waals surface area contributed by atoms with E-state index in [0.717, 1.165) is 0 Å². The van der Waals surface area contributed by atoms with Crippen molar-refractivity contribution in [1.82, 2.24) is 10.6 Å². The largest absolute Gasteiger partial charge is 0.435 e. The van der Waals surface area contributed by atoms with Gasteiger partial charge in [0.2, 0.25) is 0 Å². The van der Waals surface area contributed by atoms with Gasteiger partial charge in [0.1, 0.15) is 11.3 Å². The van der Waals surface area contributed by atoms with Crippen LogP contribution in [0.3, 0.4) is 0 Å². The summed E-state index contributed by atoms with van der Waals surface area (Å²) < 4.78 is 28.5. The number of rotatable bonds is 3. The minimum absolute atomic E-state index is 0.00357. The molecule has 7 heteroatoms. The highest BCUT2D eigenvalue weighted by atomic mass is 32.1. The molecule has 1 saturated heterocycles. The maximum Gasteiger partial charge on any atom is 0.387 e. The van der Waals surface area contributed by atoms with Crippen LogP contribution >= 0.6 is 12.2 Å². The Morgan fingerprint density at radius 1 is 1.44 bits per heavy atom. The predicted octanol–water partition coefficient (Wildman–Crippen LogP) is 1.51. The van der Waals surface area contributed by atoms with Crippen molar-refractivity contribution in [2.75, 3.05) is 0 Å². The van der Waals surface area contributed by atoms with Gasteiger partial charge in [-0.2, -0.15) is 8.78 Å². The van der Waals surface area contributed by atoms with Crippen molar-refractivity contribution in [1.29, 1.82) is 0 Å². The topological polar surface area (TPSA) is 50.4 Å². The summed E-state index contributed by atoms with van der Waals surface area (Å²) in [5, 5.41) is 5.47. The maximum absolute atomic E-state index is 12.1. The van der Waals surface area contributed by atoms with Gasteiger partial charge in [-0.3, -0.25) is 4.79 Å². The van der Waals surface area contributed by atoms with Crippen LogP contribution in [0, 0.1) is 0 Å². The van der Waals surface area contributed by atoms with Gasteiger partial charge in [0, 0.05) is 0 Å². The van der Waals surface area contributed by atoms with Crippen LogP contribution in [-0.4, -0.2) is 17.6 Å². The van der Waals surface area contributed by atoms with Gasteiger partial charge >= 0.3 is 6.61 Å². The molecule has 1 unspecified atom stereocenters. The van der Waals surface area contributed by atoms with Gasteiger partial charge in [0.25, 0.3) is 5.91 Å². The second-order valence-corrected chi connectivity index (χ2v) is 4.35. The lowest BCUT2D eigenvalue weighted by Crippen LogP contribution is -2.40. The summed E-state index contributed by atoms with van der Waals surface area (Å²) in [6, 6.07) is 5.95. The van der Waals surface area contributed by atoms with E-state index in [9.17, 15) is 13.6 Å². The van der Waals surface area contributed by atoms with Crippen molar-refractivity contribution in [2.24, 2.45) is 0 Å². The molecular formula is C11H10F2N2O2S. The Morgan fingerprint density at radius 2 is 2.17 bits per heavy atom. The minimum atomic E-state index is -2.90. The highest BCUT2D eigenvalue weighted by Gasteiger charge is 2.41. The first kappa shape index (κ1) is 12.7. The molecule has 1 aromatic carbocycles. The van der Waals surface area contributed by atoms with Crippen molar-refractivity contribution >= 4 is 23.2 Å². The monoisotopic (exact) mass is 272 g/mol. The van der Waals surface area contributed by atoms with Gasteiger partial charge in [0.05, 0.1) is 0 Å². The van der Waals surface area contributed by atoms with Crippen LogP contribution in [0.1, 0.15) is 12.5 Å². The minimum Gasteiger partial charge on any atom is -0.435 e. The number of thiocarbonyl (C=S) groups is 1. The zero-order valence-corrected chi connectivity index (χ0v) is 10.2. The molecule has 18 heavy (non-hydrogen) atoms. The third-order valence-corrected chi connectivity index (χ3v) is 2.89. The normalized spacial score (nSPS) is 22.9. The zero-order valence-electron chi connectivity index (χ0n) is 9.37. The summed E-state index contributed by atoms with van der Waals surface area (Å²) in [7, 11) is 0.